The summed E-state index contributed by atoms with van der Waals surface area (Å²) in [7, 11) is 0.0648. The van der Waals surface area contributed by atoms with Gasteiger partial charge in [-0.05, 0) is 19.2 Å². The Balaban J connectivity index is 2.18. The third-order valence-corrected chi connectivity index (χ3v) is 1.56. The lowest BCUT2D eigenvalue weighted by molar-refractivity contribution is 0.255. The van der Waals surface area contributed by atoms with Gasteiger partial charge < -0.3 is 9.31 Å². The number of hydrogen-bond donors (Lipinski definition) is 0. The Bertz CT molecular complexity index is 106. The van der Waals surface area contributed by atoms with E-state index >= 15 is 0 Å². The van der Waals surface area contributed by atoms with Gasteiger partial charge in [-0.2, -0.15) is 0 Å². The summed E-state index contributed by atoms with van der Waals surface area (Å²) in [5.74, 6) is 0.662. The zero-order valence-electron chi connectivity index (χ0n) is 6.96. The molecule has 0 bridgehead atoms. The van der Waals surface area contributed by atoms with Crippen LogP contribution in [0.3, 0.4) is 0 Å². The Kier molecular flexibility index (Phi) is 2.75. The zero-order chi connectivity index (χ0) is 7.56. The highest BCUT2D eigenvalue weighted by Gasteiger charge is 2.28. The summed E-state index contributed by atoms with van der Waals surface area (Å²) in [5.41, 5.74) is 0. The van der Waals surface area contributed by atoms with Gasteiger partial charge in [0.05, 0.1) is 12.7 Å². The Morgan fingerprint density at radius 1 is 1.60 bits per heavy atom. The lowest BCUT2D eigenvalue weighted by Crippen LogP contribution is -2.17. The molecular formula is C7H15BO2. The average molecular weight is 142 g/mol. The van der Waals surface area contributed by atoms with E-state index in [-0.39, 0.29) is 7.12 Å². The molecule has 1 heterocycles. The maximum Gasteiger partial charge on any atom is 0.457 e. The summed E-state index contributed by atoms with van der Waals surface area (Å²) in [4.78, 5) is 0. The van der Waals surface area contributed by atoms with Crippen molar-refractivity contribution in [1.29, 1.82) is 0 Å². The van der Waals surface area contributed by atoms with Gasteiger partial charge in [0, 0.05) is 0 Å². The van der Waals surface area contributed by atoms with Crippen LogP contribution in [0.5, 0.6) is 0 Å². The van der Waals surface area contributed by atoms with Crippen LogP contribution in [0.4, 0.5) is 0 Å². The van der Waals surface area contributed by atoms with Crippen molar-refractivity contribution in [3.63, 3.8) is 0 Å². The molecule has 0 N–H and O–H groups in total. The molecule has 0 aromatic heterocycles. The smallest absolute Gasteiger partial charge is 0.408 e. The molecule has 0 aromatic carbocycles. The average Bonchev–Trinajstić information content (AvgIpc) is 2.13. The van der Waals surface area contributed by atoms with Crippen LogP contribution < -0.4 is 0 Å². The van der Waals surface area contributed by atoms with E-state index in [0.717, 1.165) is 12.9 Å². The molecule has 1 atom stereocenters. The predicted octanol–water partition coefficient (Wildman–Crippen LogP) is 1.57. The van der Waals surface area contributed by atoms with Gasteiger partial charge in [0.2, 0.25) is 0 Å². The fraction of sp³-hybridized carbons (Fsp3) is 1.00. The van der Waals surface area contributed by atoms with Crippen LogP contribution in [0, 0.1) is 5.92 Å². The van der Waals surface area contributed by atoms with Crippen LogP contribution in [-0.2, 0) is 9.31 Å². The largest absolute Gasteiger partial charge is 0.457 e. The topological polar surface area (TPSA) is 18.5 Å². The van der Waals surface area contributed by atoms with Crippen molar-refractivity contribution in [1.82, 2.24) is 0 Å². The highest BCUT2D eigenvalue weighted by molar-refractivity contribution is 6.45. The fourth-order valence-electron chi connectivity index (χ4n) is 1.09. The van der Waals surface area contributed by atoms with Crippen molar-refractivity contribution in [3.8, 4) is 0 Å². The first-order valence-electron chi connectivity index (χ1n) is 3.95. The first-order valence-corrected chi connectivity index (χ1v) is 3.95. The van der Waals surface area contributed by atoms with E-state index in [1.807, 2.05) is 6.92 Å². The van der Waals surface area contributed by atoms with Crippen molar-refractivity contribution in [3.05, 3.63) is 0 Å². The summed E-state index contributed by atoms with van der Waals surface area (Å²) in [6, 6.07) is 0. The number of hydrogen-bond acceptors (Lipinski definition) is 2. The Morgan fingerprint density at radius 2 is 2.30 bits per heavy atom. The van der Waals surface area contributed by atoms with E-state index in [1.54, 1.807) is 0 Å². The van der Waals surface area contributed by atoms with Crippen molar-refractivity contribution in [2.45, 2.75) is 33.2 Å². The van der Waals surface area contributed by atoms with Crippen LogP contribution in [0.1, 0.15) is 20.8 Å². The molecule has 1 aliphatic rings. The quantitative estimate of drug-likeness (QED) is 0.544. The summed E-state index contributed by atoms with van der Waals surface area (Å²) in [6.45, 7) is 7.16. The third kappa shape index (κ3) is 2.31. The monoisotopic (exact) mass is 142 g/mol. The van der Waals surface area contributed by atoms with Crippen LogP contribution in [0.15, 0.2) is 0 Å². The second kappa shape index (κ2) is 3.40. The van der Waals surface area contributed by atoms with Gasteiger partial charge in [-0.1, -0.05) is 13.8 Å². The van der Waals surface area contributed by atoms with Gasteiger partial charge in [-0.3, -0.25) is 0 Å². The van der Waals surface area contributed by atoms with E-state index in [1.165, 1.54) is 0 Å². The molecule has 1 rings (SSSR count). The van der Waals surface area contributed by atoms with Crippen LogP contribution in [0.25, 0.3) is 0 Å². The molecule has 1 fully saturated rings. The molecule has 10 heavy (non-hydrogen) atoms. The predicted molar refractivity (Wildman–Crippen MR) is 41.9 cm³/mol. The minimum Gasteiger partial charge on any atom is -0.408 e. The van der Waals surface area contributed by atoms with Crippen LogP contribution >= 0.6 is 0 Å². The molecule has 2 nitrogen and oxygen atoms in total. The van der Waals surface area contributed by atoms with Gasteiger partial charge >= 0.3 is 7.12 Å². The third-order valence-electron chi connectivity index (χ3n) is 1.56. The summed E-state index contributed by atoms with van der Waals surface area (Å²) in [6.07, 6.45) is 1.31. The minimum atomic E-state index is 0.0648. The molecule has 0 aliphatic carbocycles. The van der Waals surface area contributed by atoms with Gasteiger partial charge in [0.15, 0.2) is 0 Å². The van der Waals surface area contributed by atoms with Crippen molar-refractivity contribution in [2.24, 2.45) is 5.92 Å². The van der Waals surface area contributed by atoms with Gasteiger partial charge in [0.1, 0.15) is 0 Å². The lowest BCUT2D eigenvalue weighted by Gasteiger charge is -2.06. The first-order chi connectivity index (χ1) is 4.68. The minimum absolute atomic E-state index is 0.0648. The van der Waals surface area contributed by atoms with Crippen LogP contribution in [0.2, 0.25) is 6.32 Å². The van der Waals surface area contributed by atoms with E-state index in [9.17, 15) is 0 Å². The van der Waals surface area contributed by atoms with E-state index < -0.39 is 0 Å². The maximum absolute atomic E-state index is 5.45. The highest BCUT2D eigenvalue weighted by atomic mass is 16.6. The summed E-state index contributed by atoms with van der Waals surface area (Å²) < 4.78 is 10.8. The fourth-order valence-corrected chi connectivity index (χ4v) is 1.09. The molecule has 0 aromatic rings. The van der Waals surface area contributed by atoms with E-state index in [2.05, 4.69) is 13.8 Å². The van der Waals surface area contributed by atoms with Gasteiger partial charge in [-0.25, -0.2) is 0 Å². The number of rotatable bonds is 2. The highest BCUT2D eigenvalue weighted by Crippen LogP contribution is 2.15. The van der Waals surface area contributed by atoms with Gasteiger partial charge in [0.25, 0.3) is 0 Å². The van der Waals surface area contributed by atoms with Crippen molar-refractivity contribution >= 4 is 7.12 Å². The Hall–Kier alpha value is -0.0151. The molecule has 3 heteroatoms. The SMILES string of the molecule is CC(C)CB1OCC(C)O1. The molecule has 1 saturated heterocycles. The molecular weight excluding hydrogens is 127 g/mol. The zero-order valence-corrected chi connectivity index (χ0v) is 6.96. The summed E-state index contributed by atoms with van der Waals surface area (Å²) >= 11 is 0. The Labute approximate surface area is 63.0 Å². The molecule has 58 valence electrons. The standard InChI is InChI=1S/C7H15BO2/c1-6(2)4-8-9-5-7(3)10-8/h6-7H,4-5H2,1-3H3. The van der Waals surface area contributed by atoms with Crippen LogP contribution in [-0.4, -0.2) is 19.8 Å². The van der Waals surface area contributed by atoms with E-state index in [0.29, 0.717) is 12.0 Å². The van der Waals surface area contributed by atoms with Crippen molar-refractivity contribution < 1.29 is 9.31 Å². The molecule has 0 spiro atoms. The second-order valence-corrected chi connectivity index (χ2v) is 3.34. The first kappa shape index (κ1) is 8.09. The molecule has 1 aliphatic heterocycles. The summed E-state index contributed by atoms with van der Waals surface area (Å²) in [5, 5.41) is 0. The Morgan fingerprint density at radius 3 is 2.70 bits per heavy atom. The normalized spacial score (nSPS) is 26.4. The maximum atomic E-state index is 5.45. The molecule has 1 unspecified atom stereocenters. The van der Waals surface area contributed by atoms with Crippen molar-refractivity contribution in [2.75, 3.05) is 6.61 Å². The second-order valence-electron chi connectivity index (χ2n) is 3.34. The van der Waals surface area contributed by atoms with Gasteiger partial charge in [-0.15, -0.1) is 0 Å². The molecule has 0 amide bonds. The lowest BCUT2D eigenvalue weighted by atomic mass is 9.79. The van der Waals surface area contributed by atoms with E-state index in [4.69, 9.17) is 9.31 Å². The molecule has 0 saturated carbocycles. The molecule has 0 radical (unpaired) electrons.